The molecule has 84 valence electrons. The number of hydrogen-bond acceptors (Lipinski definition) is 3. The molecule has 0 spiro atoms. The maximum absolute atomic E-state index is 11.0. The third-order valence-electron chi connectivity index (χ3n) is 2.43. The maximum Gasteiger partial charge on any atom is 0.341 e. The molecule has 0 amide bonds. The van der Waals surface area contributed by atoms with Crippen LogP contribution < -0.4 is 5.32 Å². The van der Waals surface area contributed by atoms with Crippen LogP contribution in [-0.2, 0) is 7.05 Å². The van der Waals surface area contributed by atoms with E-state index in [2.05, 4.69) is 10.4 Å². The van der Waals surface area contributed by atoms with Crippen LogP contribution in [0.3, 0.4) is 0 Å². The highest BCUT2D eigenvalue weighted by Gasteiger charge is 2.20. The second-order valence-electron chi connectivity index (χ2n) is 3.69. The minimum Gasteiger partial charge on any atom is -0.477 e. The van der Waals surface area contributed by atoms with Gasteiger partial charge in [0.1, 0.15) is 11.4 Å². The van der Waals surface area contributed by atoms with Crippen molar-refractivity contribution < 1.29 is 9.90 Å². The van der Waals surface area contributed by atoms with Gasteiger partial charge < -0.3 is 10.4 Å². The Balaban J connectivity index is 3.09. The highest BCUT2D eigenvalue weighted by molar-refractivity contribution is 5.94. The zero-order valence-electron chi connectivity index (χ0n) is 9.53. The van der Waals surface area contributed by atoms with Crippen LogP contribution in [0, 0.1) is 6.92 Å². The van der Waals surface area contributed by atoms with Crippen molar-refractivity contribution in [1.82, 2.24) is 9.78 Å². The Hall–Kier alpha value is -1.52. The Morgan fingerprint density at radius 3 is 2.73 bits per heavy atom. The van der Waals surface area contributed by atoms with Crippen molar-refractivity contribution in [2.24, 2.45) is 7.05 Å². The normalized spacial score (nSPS) is 12.5. The molecule has 0 bridgehead atoms. The van der Waals surface area contributed by atoms with Gasteiger partial charge in [-0.15, -0.1) is 0 Å². The Morgan fingerprint density at radius 1 is 1.67 bits per heavy atom. The standard InChI is InChI=1S/C10H17N3O2/c1-5-6(2)11-9-8(10(14)15)7(3)12-13(9)4/h6,11H,5H2,1-4H3,(H,14,15). The second kappa shape index (κ2) is 4.33. The molecule has 1 aromatic heterocycles. The lowest BCUT2D eigenvalue weighted by molar-refractivity contribution is 0.0697. The third-order valence-corrected chi connectivity index (χ3v) is 2.43. The molecule has 1 aromatic rings. The van der Waals surface area contributed by atoms with Crippen LogP contribution >= 0.6 is 0 Å². The molecule has 0 aliphatic carbocycles. The van der Waals surface area contributed by atoms with Gasteiger partial charge in [0.15, 0.2) is 0 Å². The van der Waals surface area contributed by atoms with E-state index in [1.54, 1.807) is 18.7 Å². The molecular weight excluding hydrogens is 194 g/mol. The molecule has 0 aliphatic heterocycles. The van der Waals surface area contributed by atoms with Crippen LogP contribution in [-0.4, -0.2) is 26.9 Å². The number of nitrogens with zero attached hydrogens (tertiary/aromatic N) is 2. The summed E-state index contributed by atoms with van der Waals surface area (Å²) in [7, 11) is 1.74. The zero-order valence-corrected chi connectivity index (χ0v) is 9.53. The lowest BCUT2D eigenvalue weighted by atomic mass is 10.2. The van der Waals surface area contributed by atoms with E-state index in [1.807, 2.05) is 13.8 Å². The zero-order chi connectivity index (χ0) is 11.6. The molecule has 0 fully saturated rings. The number of hydrogen-bond donors (Lipinski definition) is 2. The Labute approximate surface area is 89.1 Å². The average Bonchev–Trinajstić information content (AvgIpc) is 2.41. The number of carboxylic acids is 1. The molecule has 1 atom stereocenters. The Bertz CT molecular complexity index is 371. The van der Waals surface area contributed by atoms with Gasteiger partial charge in [-0.25, -0.2) is 4.79 Å². The van der Waals surface area contributed by atoms with Crippen LogP contribution in [0.4, 0.5) is 5.82 Å². The molecule has 5 nitrogen and oxygen atoms in total. The molecule has 2 N–H and O–H groups in total. The van der Waals surface area contributed by atoms with Gasteiger partial charge in [-0.2, -0.15) is 5.10 Å². The van der Waals surface area contributed by atoms with Gasteiger partial charge in [-0.05, 0) is 20.3 Å². The van der Waals surface area contributed by atoms with Crippen molar-refractivity contribution in [2.75, 3.05) is 5.32 Å². The molecule has 0 saturated carbocycles. The quantitative estimate of drug-likeness (QED) is 0.794. The molecule has 1 heterocycles. The maximum atomic E-state index is 11.0. The summed E-state index contributed by atoms with van der Waals surface area (Å²) in [6.07, 6.45) is 0.934. The molecule has 15 heavy (non-hydrogen) atoms. The van der Waals surface area contributed by atoms with Gasteiger partial charge in [-0.1, -0.05) is 6.92 Å². The minimum atomic E-state index is -0.939. The van der Waals surface area contributed by atoms with E-state index in [-0.39, 0.29) is 11.6 Å². The summed E-state index contributed by atoms with van der Waals surface area (Å²) in [5.41, 5.74) is 0.800. The predicted octanol–water partition coefficient (Wildman–Crippen LogP) is 1.64. The SMILES string of the molecule is CCC(C)Nc1c(C(=O)O)c(C)nn1C. The number of carboxylic acid groups (broad SMARTS) is 1. The molecule has 0 aliphatic rings. The molecular formula is C10H17N3O2. The smallest absolute Gasteiger partial charge is 0.341 e. The summed E-state index contributed by atoms with van der Waals surface area (Å²) in [6.45, 7) is 5.75. The summed E-state index contributed by atoms with van der Waals surface area (Å²) in [5.74, 6) is -0.360. The van der Waals surface area contributed by atoms with E-state index in [0.717, 1.165) is 6.42 Å². The first-order chi connectivity index (χ1) is 6.97. The average molecular weight is 211 g/mol. The molecule has 0 radical (unpaired) electrons. The summed E-state index contributed by atoms with van der Waals surface area (Å²) in [6, 6.07) is 0.234. The topological polar surface area (TPSA) is 67.2 Å². The largest absolute Gasteiger partial charge is 0.477 e. The second-order valence-corrected chi connectivity index (χ2v) is 3.69. The molecule has 0 saturated heterocycles. The number of aromatic nitrogens is 2. The fourth-order valence-corrected chi connectivity index (χ4v) is 1.42. The number of anilines is 1. The molecule has 0 aromatic carbocycles. The number of rotatable bonds is 4. The van der Waals surface area contributed by atoms with Crippen molar-refractivity contribution in [3.05, 3.63) is 11.3 Å². The van der Waals surface area contributed by atoms with Crippen LogP contribution in [0.25, 0.3) is 0 Å². The van der Waals surface area contributed by atoms with E-state index in [4.69, 9.17) is 5.11 Å². The highest BCUT2D eigenvalue weighted by atomic mass is 16.4. The van der Waals surface area contributed by atoms with Crippen LogP contribution in [0.5, 0.6) is 0 Å². The van der Waals surface area contributed by atoms with E-state index < -0.39 is 5.97 Å². The van der Waals surface area contributed by atoms with E-state index in [1.165, 1.54) is 0 Å². The van der Waals surface area contributed by atoms with E-state index in [9.17, 15) is 4.79 Å². The van der Waals surface area contributed by atoms with Gasteiger partial charge in [0.2, 0.25) is 0 Å². The lowest BCUT2D eigenvalue weighted by Crippen LogP contribution is -2.18. The van der Waals surface area contributed by atoms with Crippen molar-refractivity contribution in [3.63, 3.8) is 0 Å². The first-order valence-electron chi connectivity index (χ1n) is 5.00. The van der Waals surface area contributed by atoms with Crippen LogP contribution in [0.1, 0.15) is 36.3 Å². The van der Waals surface area contributed by atoms with Gasteiger partial charge in [0.05, 0.1) is 5.69 Å². The van der Waals surface area contributed by atoms with Gasteiger partial charge >= 0.3 is 5.97 Å². The fourth-order valence-electron chi connectivity index (χ4n) is 1.42. The number of carbonyl (C=O) groups is 1. The first-order valence-corrected chi connectivity index (χ1v) is 5.00. The first kappa shape index (κ1) is 11.6. The monoisotopic (exact) mass is 211 g/mol. The summed E-state index contributed by atoms with van der Waals surface area (Å²) >= 11 is 0. The van der Waals surface area contributed by atoms with Crippen molar-refractivity contribution in [1.29, 1.82) is 0 Å². The van der Waals surface area contributed by atoms with Crippen LogP contribution in [0.2, 0.25) is 0 Å². The van der Waals surface area contributed by atoms with E-state index in [0.29, 0.717) is 11.5 Å². The van der Waals surface area contributed by atoms with Gasteiger partial charge in [-0.3, -0.25) is 4.68 Å². The van der Waals surface area contributed by atoms with Crippen molar-refractivity contribution in [2.45, 2.75) is 33.2 Å². The van der Waals surface area contributed by atoms with Crippen LogP contribution in [0.15, 0.2) is 0 Å². The summed E-state index contributed by atoms with van der Waals surface area (Å²) < 4.78 is 1.57. The van der Waals surface area contributed by atoms with Crippen molar-refractivity contribution >= 4 is 11.8 Å². The Morgan fingerprint density at radius 2 is 2.27 bits per heavy atom. The minimum absolute atomic E-state index is 0.234. The molecule has 1 unspecified atom stereocenters. The molecule has 1 rings (SSSR count). The summed E-state index contributed by atoms with van der Waals surface area (Å²) in [5, 5.41) is 16.3. The predicted molar refractivity (Wildman–Crippen MR) is 58.3 cm³/mol. The van der Waals surface area contributed by atoms with Gasteiger partial charge in [0, 0.05) is 13.1 Å². The Kier molecular flexibility index (Phi) is 3.34. The molecule has 5 heteroatoms. The third kappa shape index (κ3) is 2.29. The van der Waals surface area contributed by atoms with E-state index >= 15 is 0 Å². The lowest BCUT2D eigenvalue weighted by Gasteiger charge is -2.13. The number of aryl methyl sites for hydroxylation is 2. The fraction of sp³-hybridized carbons (Fsp3) is 0.600. The number of nitrogens with one attached hydrogen (secondary N) is 1. The van der Waals surface area contributed by atoms with Crippen molar-refractivity contribution in [3.8, 4) is 0 Å². The van der Waals surface area contributed by atoms with Gasteiger partial charge in [0.25, 0.3) is 0 Å². The highest BCUT2D eigenvalue weighted by Crippen LogP contribution is 2.19. The summed E-state index contributed by atoms with van der Waals surface area (Å²) in [4.78, 5) is 11.0. The number of aromatic carboxylic acids is 1.